The molecule has 1 aromatic heterocycles. The first-order chi connectivity index (χ1) is 10.2. The van der Waals surface area contributed by atoms with E-state index in [4.69, 9.17) is 0 Å². The molecule has 1 aliphatic rings. The number of rotatable bonds is 2. The van der Waals surface area contributed by atoms with Crippen LogP contribution in [-0.2, 0) is 0 Å². The molecule has 5 heteroatoms. The molecule has 1 saturated carbocycles. The summed E-state index contributed by atoms with van der Waals surface area (Å²) in [6, 6.07) is 9.48. The van der Waals surface area contributed by atoms with Crippen molar-refractivity contribution in [2.75, 3.05) is 5.32 Å². The van der Waals surface area contributed by atoms with E-state index in [9.17, 15) is 9.90 Å². The Morgan fingerprint density at radius 3 is 2.71 bits per heavy atom. The molecule has 0 aliphatic heterocycles. The van der Waals surface area contributed by atoms with Gasteiger partial charge in [-0.15, -0.1) is 0 Å². The number of anilines is 1. The van der Waals surface area contributed by atoms with Crippen molar-refractivity contribution in [1.82, 2.24) is 10.3 Å². The highest BCUT2D eigenvalue weighted by Crippen LogP contribution is 2.21. The fourth-order valence-corrected chi connectivity index (χ4v) is 2.77. The number of urea groups is 1. The number of para-hydroxylation sites is 1. The number of amides is 2. The van der Waals surface area contributed by atoms with E-state index in [1.165, 1.54) is 0 Å². The maximum absolute atomic E-state index is 12.1. The van der Waals surface area contributed by atoms with Gasteiger partial charge in [-0.25, -0.2) is 4.79 Å². The van der Waals surface area contributed by atoms with E-state index in [2.05, 4.69) is 15.6 Å². The third-order valence-corrected chi connectivity index (χ3v) is 3.91. The predicted octanol–water partition coefficient (Wildman–Crippen LogP) is 2.66. The number of aliphatic hydroxyl groups excluding tert-OH is 1. The molecule has 1 fully saturated rings. The van der Waals surface area contributed by atoms with Gasteiger partial charge in [0.05, 0.1) is 17.3 Å². The first-order valence-electron chi connectivity index (χ1n) is 7.32. The Hall–Kier alpha value is -2.14. The third-order valence-electron chi connectivity index (χ3n) is 3.91. The van der Waals surface area contributed by atoms with Crippen LogP contribution in [0.2, 0.25) is 0 Å². The van der Waals surface area contributed by atoms with Crippen molar-refractivity contribution in [3.63, 3.8) is 0 Å². The van der Waals surface area contributed by atoms with Crippen LogP contribution in [0.25, 0.3) is 10.9 Å². The molecule has 3 N–H and O–H groups in total. The van der Waals surface area contributed by atoms with Crippen LogP contribution in [0, 0.1) is 0 Å². The molecule has 21 heavy (non-hydrogen) atoms. The van der Waals surface area contributed by atoms with Crippen molar-refractivity contribution < 1.29 is 9.90 Å². The number of benzene rings is 1. The van der Waals surface area contributed by atoms with Crippen LogP contribution in [0.4, 0.5) is 10.5 Å². The zero-order valence-corrected chi connectivity index (χ0v) is 11.7. The van der Waals surface area contributed by atoms with E-state index in [0.717, 1.165) is 36.6 Å². The molecule has 3 rings (SSSR count). The smallest absolute Gasteiger partial charge is 0.319 e. The standard InChI is InChI=1S/C16H19N3O2/c20-13-8-6-12(7-9-13)18-16(21)19-14-5-1-3-11-4-2-10-17-15(11)14/h1-5,10,12-13,20H,6-9H2,(H2,18,19,21). The number of nitrogens with zero attached hydrogens (tertiary/aromatic N) is 1. The zero-order chi connectivity index (χ0) is 14.7. The quantitative estimate of drug-likeness (QED) is 0.794. The minimum atomic E-state index is -0.214. The lowest BCUT2D eigenvalue weighted by Gasteiger charge is -2.26. The molecule has 5 nitrogen and oxygen atoms in total. The van der Waals surface area contributed by atoms with E-state index < -0.39 is 0 Å². The number of carbonyl (C=O) groups is 1. The Morgan fingerprint density at radius 2 is 1.90 bits per heavy atom. The number of aromatic nitrogens is 1. The van der Waals surface area contributed by atoms with Crippen LogP contribution in [0.1, 0.15) is 25.7 Å². The summed E-state index contributed by atoms with van der Waals surface area (Å²) in [4.78, 5) is 16.4. The molecule has 0 unspecified atom stereocenters. The van der Waals surface area contributed by atoms with Crippen molar-refractivity contribution in [3.05, 3.63) is 36.5 Å². The summed E-state index contributed by atoms with van der Waals surface area (Å²) >= 11 is 0. The summed E-state index contributed by atoms with van der Waals surface area (Å²) in [6.07, 6.45) is 4.65. The second-order valence-corrected chi connectivity index (χ2v) is 5.48. The van der Waals surface area contributed by atoms with Crippen LogP contribution < -0.4 is 10.6 Å². The lowest BCUT2D eigenvalue weighted by atomic mass is 9.93. The van der Waals surface area contributed by atoms with Gasteiger partial charge in [0.25, 0.3) is 0 Å². The van der Waals surface area contributed by atoms with Crippen molar-refractivity contribution in [1.29, 1.82) is 0 Å². The van der Waals surface area contributed by atoms with Gasteiger partial charge in [0.2, 0.25) is 0 Å². The van der Waals surface area contributed by atoms with Crippen molar-refractivity contribution in [2.24, 2.45) is 0 Å². The maximum atomic E-state index is 12.1. The molecule has 2 amide bonds. The predicted molar refractivity (Wildman–Crippen MR) is 82.2 cm³/mol. The van der Waals surface area contributed by atoms with Gasteiger partial charge in [-0.3, -0.25) is 4.98 Å². The number of hydrogen-bond acceptors (Lipinski definition) is 3. The van der Waals surface area contributed by atoms with Gasteiger partial charge in [-0.1, -0.05) is 18.2 Å². The molecule has 0 atom stereocenters. The molecule has 1 heterocycles. The molecular formula is C16H19N3O2. The molecule has 2 aromatic rings. The largest absolute Gasteiger partial charge is 0.393 e. The second-order valence-electron chi connectivity index (χ2n) is 5.48. The first-order valence-corrected chi connectivity index (χ1v) is 7.32. The number of aliphatic hydroxyl groups is 1. The van der Waals surface area contributed by atoms with Gasteiger partial charge < -0.3 is 15.7 Å². The van der Waals surface area contributed by atoms with Gasteiger partial charge in [-0.05, 0) is 37.8 Å². The summed E-state index contributed by atoms with van der Waals surface area (Å²) < 4.78 is 0. The van der Waals surface area contributed by atoms with Gasteiger partial charge >= 0.3 is 6.03 Å². The topological polar surface area (TPSA) is 74.2 Å². The Morgan fingerprint density at radius 1 is 1.14 bits per heavy atom. The Bertz CT molecular complexity index is 631. The Labute approximate surface area is 123 Å². The molecule has 0 saturated heterocycles. The molecule has 1 aliphatic carbocycles. The van der Waals surface area contributed by atoms with Gasteiger partial charge in [-0.2, -0.15) is 0 Å². The highest BCUT2D eigenvalue weighted by atomic mass is 16.3. The number of pyridine rings is 1. The summed E-state index contributed by atoms with van der Waals surface area (Å²) in [6.45, 7) is 0. The van der Waals surface area contributed by atoms with Gasteiger partial charge in [0.1, 0.15) is 0 Å². The number of fused-ring (bicyclic) bond motifs is 1. The van der Waals surface area contributed by atoms with E-state index in [-0.39, 0.29) is 18.2 Å². The van der Waals surface area contributed by atoms with Crippen molar-refractivity contribution >= 4 is 22.6 Å². The van der Waals surface area contributed by atoms with Crippen LogP contribution in [0.15, 0.2) is 36.5 Å². The number of carbonyl (C=O) groups excluding carboxylic acids is 1. The van der Waals surface area contributed by atoms with Gasteiger partial charge in [0, 0.05) is 17.6 Å². The van der Waals surface area contributed by atoms with E-state index >= 15 is 0 Å². The highest BCUT2D eigenvalue weighted by molar-refractivity contribution is 5.99. The Balaban J connectivity index is 1.66. The minimum absolute atomic E-state index is 0.135. The molecule has 0 spiro atoms. The van der Waals surface area contributed by atoms with E-state index in [1.807, 2.05) is 30.3 Å². The lowest BCUT2D eigenvalue weighted by Crippen LogP contribution is -2.40. The van der Waals surface area contributed by atoms with Crippen molar-refractivity contribution in [3.8, 4) is 0 Å². The van der Waals surface area contributed by atoms with Crippen LogP contribution in [-0.4, -0.2) is 28.3 Å². The monoisotopic (exact) mass is 285 g/mol. The summed E-state index contributed by atoms with van der Waals surface area (Å²) in [5.41, 5.74) is 1.50. The van der Waals surface area contributed by atoms with Crippen LogP contribution >= 0.6 is 0 Å². The molecule has 0 bridgehead atoms. The average Bonchev–Trinajstić information content (AvgIpc) is 2.50. The number of hydrogen-bond donors (Lipinski definition) is 3. The third kappa shape index (κ3) is 3.31. The number of nitrogens with one attached hydrogen (secondary N) is 2. The van der Waals surface area contributed by atoms with E-state index in [0.29, 0.717) is 5.69 Å². The SMILES string of the molecule is O=C(Nc1cccc2cccnc12)NC1CCC(O)CC1. The molecule has 1 aromatic carbocycles. The lowest BCUT2D eigenvalue weighted by molar-refractivity contribution is 0.118. The summed E-state index contributed by atoms with van der Waals surface area (Å²) in [5, 5.41) is 16.3. The Kier molecular flexibility index (Phi) is 4.01. The van der Waals surface area contributed by atoms with Crippen molar-refractivity contribution in [2.45, 2.75) is 37.8 Å². The minimum Gasteiger partial charge on any atom is -0.393 e. The fraction of sp³-hybridized carbons (Fsp3) is 0.375. The molecule has 0 radical (unpaired) electrons. The van der Waals surface area contributed by atoms with Crippen LogP contribution in [0.3, 0.4) is 0 Å². The normalized spacial score (nSPS) is 22.0. The second kappa shape index (κ2) is 6.10. The molecular weight excluding hydrogens is 266 g/mol. The molecule has 110 valence electrons. The first kappa shape index (κ1) is 13.8. The summed E-state index contributed by atoms with van der Waals surface area (Å²) in [7, 11) is 0. The average molecular weight is 285 g/mol. The zero-order valence-electron chi connectivity index (χ0n) is 11.7. The van der Waals surface area contributed by atoms with Gasteiger partial charge in [0.15, 0.2) is 0 Å². The highest BCUT2D eigenvalue weighted by Gasteiger charge is 2.20. The maximum Gasteiger partial charge on any atom is 0.319 e. The van der Waals surface area contributed by atoms with E-state index in [1.54, 1.807) is 6.20 Å². The summed E-state index contributed by atoms with van der Waals surface area (Å²) in [5.74, 6) is 0. The van der Waals surface area contributed by atoms with Crippen LogP contribution in [0.5, 0.6) is 0 Å². The fourth-order valence-electron chi connectivity index (χ4n) is 2.77.